The Kier molecular flexibility index (Phi) is 5.15. The third-order valence-electron chi connectivity index (χ3n) is 3.04. The lowest BCUT2D eigenvalue weighted by atomic mass is 10.2. The molecule has 20 heavy (non-hydrogen) atoms. The standard InChI is InChI=1S/C15H18N4S/c1-2-19(11-13-5-3-4-7-17-13)10-12-6-8-18-14(9-12)15(16)20/h3-9H,2,10-11H2,1H3,(H2,16,20). The normalized spacial score (nSPS) is 10.7. The number of aromatic nitrogens is 2. The summed E-state index contributed by atoms with van der Waals surface area (Å²) in [7, 11) is 0. The number of hydrogen-bond donors (Lipinski definition) is 1. The molecule has 0 fully saturated rings. The van der Waals surface area contributed by atoms with E-state index in [-0.39, 0.29) is 0 Å². The molecule has 2 aromatic rings. The molecule has 0 aliphatic carbocycles. The number of thiocarbonyl (C=S) groups is 1. The van der Waals surface area contributed by atoms with E-state index in [9.17, 15) is 0 Å². The molecule has 2 aromatic heterocycles. The quantitative estimate of drug-likeness (QED) is 0.825. The molecule has 0 aliphatic heterocycles. The summed E-state index contributed by atoms with van der Waals surface area (Å²) in [6, 6.07) is 9.91. The minimum absolute atomic E-state index is 0.333. The third kappa shape index (κ3) is 4.08. The second kappa shape index (κ2) is 7.07. The zero-order chi connectivity index (χ0) is 14.4. The Hall–Kier alpha value is -1.85. The van der Waals surface area contributed by atoms with Crippen LogP contribution < -0.4 is 5.73 Å². The van der Waals surface area contributed by atoms with Crippen LogP contribution in [0.5, 0.6) is 0 Å². The number of rotatable bonds is 6. The van der Waals surface area contributed by atoms with E-state index in [0.29, 0.717) is 10.7 Å². The summed E-state index contributed by atoms with van der Waals surface area (Å²) in [4.78, 5) is 11.2. The second-order valence-electron chi connectivity index (χ2n) is 4.54. The summed E-state index contributed by atoms with van der Waals surface area (Å²) in [6.45, 7) is 4.73. The molecule has 2 rings (SSSR count). The Morgan fingerprint density at radius 1 is 1.20 bits per heavy atom. The van der Waals surface area contributed by atoms with E-state index in [1.807, 2.05) is 36.5 Å². The van der Waals surface area contributed by atoms with Crippen LogP contribution in [0.2, 0.25) is 0 Å². The molecule has 2 heterocycles. The van der Waals surface area contributed by atoms with Crippen LogP contribution in [0, 0.1) is 0 Å². The Morgan fingerprint density at radius 3 is 2.70 bits per heavy atom. The van der Waals surface area contributed by atoms with E-state index < -0.39 is 0 Å². The van der Waals surface area contributed by atoms with E-state index >= 15 is 0 Å². The molecule has 0 atom stereocenters. The highest BCUT2D eigenvalue weighted by Crippen LogP contribution is 2.09. The fraction of sp³-hybridized carbons (Fsp3) is 0.267. The van der Waals surface area contributed by atoms with Gasteiger partial charge in [-0.2, -0.15) is 0 Å². The van der Waals surface area contributed by atoms with Crippen molar-refractivity contribution < 1.29 is 0 Å². The minimum Gasteiger partial charge on any atom is -0.388 e. The smallest absolute Gasteiger partial charge is 0.122 e. The fourth-order valence-corrected chi connectivity index (χ4v) is 2.08. The van der Waals surface area contributed by atoms with Gasteiger partial charge in [-0.05, 0) is 36.4 Å². The van der Waals surface area contributed by atoms with Crippen LogP contribution in [-0.2, 0) is 13.1 Å². The molecule has 0 saturated carbocycles. The Bertz CT molecular complexity index is 571. The van der Waals surface area contributed by atoms with E-state index in [1.165, 1.54) is 0 Å². The molecule has 0 radical (unpaired) electrons. The van der Waals surface area contributed by atoms with Crippen LogP contribution in [0.3, 0.4) is 0 Å². The van der Waals surface area contributed by atoms with Gasteiger partial charge >= 0.3 is 0 Å². The lowest BCUT2D eigenvalue weighted by Gasteiger charge is -2.20. The maximum Gasteiger partial charge on any atom is 0.122 e. The van der Waals surface area contributed by atoms with Crippen LogP contribution in [0.15, 0.2) is 42.7 Å². The van der Waals surface area contributed by atoms with E-state index in [1.54, 1.807) is 6.20 Å². The first-order valence-electron chi connectivity index (χ1n) is 6.56. The highest BCUT2D eigenvalue weighted by molar-refractivity contribution is 7.80. The van der Waals surface area contributed by atoms with Crippen LogP contribution >= 0.6 is 12.2 Å². The van der Waals surface area contributed by atoms with Crippen LogP contribution in [-0.4, -0.2) is 26.4 Å². The van der Waals surface area contributed by atoms with E-state index in [2.05, 4.69) is 21.8 Å². The van der Waals surface area contributed by atoms with Crippen molar-refractivity contribution in [3.63, 3.8) is 0 Å². The summed E-state index contributed by atoms with van der Waals surface area (Å²) in [5.41, 5.74) is 8.51. The summed E-state index contributed by atoms with van der Waals surface area (Å²) in [6.07, 6.45) is 3.57. The topological polar surface area (TPSA) is 55.0 Å². The van der Waals surface area contributed by atoms with Crippen LogP contribution in [0.25, 0.3) is 0 Å². The first-order valence-corrected chi connectivity index (χ1v) is 6.97. The van der Waals surface area contributed by atoms with Gasteiger partial charge in [-0.1, -0.05) is 25.2 Å². The molecule has 0 aromatic carbocycles. The number of nitrogens with zero attached hydrogens (tertiary/aromatic N) is 3. The van der Waals surface area contributed by atoms with Gasteiger partial charge in [-0.3, -0.25) is 14.9 Å². The number of nitrogens with two attached hydrogens (primary N) is 1. The van der Waals surface area contributed by atoms with Gasteiger partial charge in [0, 0.05) is 25.5 Å². The Balaban J connectivity index is 2.06. The largest absolute Gasteiger partial charge is 0.388 e. The Morgan fingerprint density at radius 2 is 2.05 bits per heavy atom. The third-order valence-corrected chi connectivity index (χ3v) is 3.25. The first kappa shape index (κ1) is 14.6. The SMILES string of the molecule is CCN(Cc1ccnc(C(N)=S)c1)Cc1ccccn1. The minimum atomic E-state index is 0.333. The molecule has 0 spiro atoms. The van der Waals surface area contributed by atoms with Gasteiger partial charge in [-0.15, -0.1) is 0 Å². The van der Waals surface area contributed by atoms with Crippen molar-refractivity contribution in [2.45, 2.75) is 20.0 Å². The molecular formula is C15H18N4S. The van der Waals surface area contributed by atoms with Crippen molar-refractivity contribution in [2.75, 3.05) is 6.54 Å². The maximum absolute atomic E-state index is 5.61. The van der Waals surface area contributed by atoms with Gasteiger partial charge in [0.15, 0.2) is 0 Å². The van der Waals surface area contributed by atoms with Gasteiger partial charge < -0.3 is 5.73 Å². The summed E-state index contributed by atoms with van der Waals surface area (Å²) in [5.74, 6) is 0. The van der Waals surface area contributed by atoms with Crippen molar-refractivity contribution in [2.24, 2.45) is 5.73 Å². The zero-order valence-electron chi connectivity index (χ0n) is 11.5. The second-order valence-corrected chi connectivity index (χ2v) is 4.98. The predicted molar refractivity (Wildman–Crippen MR) is 84.1 cm³/mol. The molecule has 5 heteroatoms. The highest BCUT2D eigenvalue weighted by Gasteiger charge is 2.07. The summed E-state index contributed by atoms with van der Waals surface area (Å²) < 4.78 is 0. The van der Waals surface area contributed by atoms with Crippen molar-refractivity contribution in [1.29, 1.82) is 0 Å². The van der Waals surface area contributed by atoms with Crippen molar-refractivity contribution in [1.82, 2.24) is 14.9 Å². The first-order chi connectivity index (χ1) is 9.69. The van der Waals surface area contributed by atoms with Gasteiger partial charge in [0.2, 0.25) is 0 Å². The molecule has 0 saturated heterocycles. The molecule has 0 bridgehead atoms. The molecule has 0 aliphatic rings. The van der Waals surface area contributed by atoms with Crippen molar-refractivity contribution in [3.8, 4) is 0 Å². The van der Waals surface area contributed by atoms with Crippen LogP contribution in [0.1, 0.15) is 23.9 Å². The Labute approximate surface area is 124 Å². The number of hydrogen-bond acceptors (Lipinski definition) is 4. The van der Waals surface area contributed by atoms with Crippen LogP contribution in [0.4, 0.5) is 0 Å². The molecule has 2 N–H and O–H groups in total. The van der Waals surface area contributed by atoms with Gasteiger partial charge in [-0.25, -0.2) is 0 Å². The lowest BCUT2D eigenvalue weighted by molar-refractivity contribution is 0.268. The molecule has 0 amide bonds. The predicted octanol–water partition coefficient (Wildman–Crippen LogP) is 2.13. The average Bonchev–Trinajstić information content (AvgIpc) is 2.48. The maximum atomic E-state index is 5.61. The molecule has 0 unspecified atom stereocenters. The van der Waals surface area contributed by atoms with Gasteiger partial charge in [0.1, 0.15) is 4.99 Å². The molecular weight excluding hydrogens is 268 g/mol. The number of pyridine rings is 2. The summed E-state index contributed by atoms with van der Waals surface area (Å²) in [5, 5.41) is 0. The lowest BCUT2D eigenvalue weighted by Crippen LogP contribution is -2.23. The highest BCUT2D eigenvalue weighted by atomic mass is 32.1. The van der Waals surface area contributed by atoms with E-state index in [4.69, 9.17) is 18.0 Å². The average molecular weight is 286 g/mol. The fourth-order valence-electron chi connectivity index (χ4n) is 1.97. The van der Waals surface area contributed by atoms with Gasteiger partial charge in [0.25, 0.3) is 0 Å². The monoisotopic (exact) mass is 286 g/mol. The summed E-state index contributed by atoms with van der Waals surface area (Å²) >= 11 is 4.96. The van der Waals surface area contributed by atoms with Crippen molar-refractivity contribution >= 4 is 17.2 Å². The van der Waals surface area contributed by atoms with Crippen molar-refractivity contribution in [3.05, 3.63) is 59.7 Å². The molecule has 4 nitrogen and oxygen atoms in total. The zero-order valence-corrected chi connectivity index (χ0v) is 12.3. The van der Waals surface area contributed by atoms with Gasteiger partial charge in [0.05, 0.1) is 11.4 Å². The van der Waals surface area contributed by atoms with E-state index in [0.717, 1.165) is 30.9 Å². The molecule has 104 valence electrons.